The van der Waals surface area contributed by atoms with Gasteiger partial charge in [-0.15, -0.1) is 0 Å². The second-order valence-corrected chi connectivity index (χ2v) is 4.59. The van der Waals surface area contributed by atoms with E-state index in [0.717, 1.165) is 12.8 Å². The third kappa shape index (κ3) is 3.59. The van der Waals surface area contributed by atoms with E-state index in [-0.39, 0.29) is 18.2 Å². The molecular formula is C12H16N2O4. The van der Waals surface area contributed by atoms with Crippen LogP contribution in [0.4, 0.5) is 0 Å². The van der Waals surface area contributed by atoms with Gasteiger partial charge in [0.05, 0.1) is 13.1 Å². The van der Waals surface area contributed by atoms with Gasteiger partial charge < -0.3 is 14.8 Å². The number of nitrogens with one attached hydrogen (secondary N) is 1. The number of amides is 1. The standard InChI is InChI=1S/C12H16N2O4/c1-14(7-11(15)13-8-2-3-8)6-9-4-5-10(18-9)12(16)17/h4-5,8H,2-3,6-7H2,1H3,(H,13,15)(H,16,17). The molecule has 0 spiro atoms. The molecule has 1 aromatic heterocycles. The first-order chi connectivity index (χ1) is 8.54. The van der Waals surface area contributed by atoms with Crippen LogP contribution < -0.4 is 5.32 Å². The minimum absolute atomic E-state index is 0.00925. The van der Waals surface area contributed by atoms with Crippen LogP contribution in [0.2, 0.25) is 0 Å². The molecule has 6 nitrogen and oxygen atoms in total. The first kappa shape index (κ1) is 12.6. The van der Waals surface area contributed by atoms with Crippen molar-refractivity contribution in [1.82, 2.24) is 10.2 Å². The minimum atomic E-state index is -1.09. The highest BCUT2D eigenvalue weighted by atomic mass is 16.4. The Morgan fingerprint density at radius 2 is 2.22 bits per heavy atom. The Hall–Kier alpha value is -1.82. The largest absolute Gasteiger partial charge is 0.475 e. The number of carboxylic acids is 1. The second-order valence-electron chi connectivity index (χ2n) is 4.59. The van der Waals surface area contributed by atoms with Crippen LogP contribution in [0.3, 0.4) is 0 Å². The van der Waals surface area contributed by atoms with Crippen LogP contribution in [0.1, 0.15) is 29.2 Å². The maximum atomic E-state index is 11.5. The highest BCUT2D eigenvalue weighted by Gasteiger charge is 2.23. The molecule has 0 atom stereocenters. The monoisotopic (exact) mass is 252 g/mol. The summed E-state index contributed by atoms with van der Waals surface area (Å²) in [7, 11) is 1.79. The van der Waals surface area contributed by atoms with Crippen LogP contribution in [0.25, 0.3) is 0 Å². The molecular weight excluding hydrogens is 236 g/mol. The average Bonchev–Trinajstić information content (AvgIpc) is 2.93. The smallest absolute Gasteiger partial charge is 0.371 e. The number of likely N-dealkylation sites (N-methyl/N-ethyl adjacent to an activating group) is 1. The molecule has 6 heteroatoms. The average molecular weight is 252 g/mol. The fourth-order valence-corrected chi connectivity index (χ4v) is 1.65. The zero-order valence-corrected chi connectivity index (χ0v) is 10.2. The highest BCUT2D eigenvalue weighted by molar-refractivity contribution is 5.84. The number of aromatic carboxylic acids is 1. The molecule has 1 amide bonds. The molecule has 0 aromatic carbocycles. The lowest BCUT2D eigenvalue weighted by atomic mass is 10.4. The Bertz CT molecular complexity index is 451. The maximum absolute atomic E-state index is 11.5. The van der Waals surface area contributed by atoms with Crippen molar-refractivity contribution in [3.8, 4) is 0 Å². The minimum Gasteiger partial charge on any atom is -0.475 e. The summed E-state index contributed by atoms with van der Waals surface area (Å²) in [5, 5.41) is 11.6. The molecule has 0 unspecified atom stereocenters. The van der Waals surface area contributed by atoms with Crippen LogP contribution in [0.5, 0.6) is 0 Å². The molecule has 2 rings (SSSR count). The van der Waals surface area contributed by atoms with Gasteiger partial charge in [-0.2, -0.15) is 0 Å². The van der Waals surface area contributed by atoms with Gasteiger partial charge in [0.2, 0.25) is 11.7 Å². The number of rotatable bonds is 6. The lowest BCUT2D eigenvalue weighted by Crippen LogP contribution is -2.35. The van der Waals surface area contributed by atoms with E-state index in [4.69, 9.17) is 9.52 Å². The van der Waals surface area contributed by atoms with Gasteiger partial charge >= 0.3 is 5.97 Å². The van der Waals surface area contributed by atoms with Gasteiger partial charge in [-0.05, 0) is 32.0 Å². The molecule has 1 saturated carbocycles. The Kier molecular flexibility index (Phi) is 3.66. The zero-order valence-electron chi connectivity index (χ0n) is 10.2. The van der Waals surface area contributed by atoms with Crippen LogP contribution in [0, 0.1) is 0 Å². The molecule has 18 heavy (non-hydrogen) atoms. The number of furan rings is 1. The summed E-state index contributed by atoms with van der Waals surface area (Å²) < 4.78 is 5.12. The van der Waals surface area contributed by atoms with Gasteiger partial charge in [-0.3, -0.25) is 9.69 Å². The molecule has 0 radical (unpaired) electrons. The number of carbonyl (C=O) groups is 2. The number of hydrogen-bond donors (Lipinski definition) is 2. The number of nitrogens with zero attached hydrogens (tertiary/aromatic N) is 1. The first-order valence-electron chi connectivity index (χ1n) is 5.84. The fraction of sp³-hybridized carbons (Fsp3) is 0.500. The van der Waals surface area contributed by atoms with E-state index in [1.165, 1.54) is 6.07 Å². The van der Waals surface area contributed by atoms with Gasteiger partial charge in [-0.25, -0.2) is 4.79 Å². The van der Waals surface area contributed by atoms with Gasteiger partial charge in [0.15, 0.2) is 0 Å². The summed E-state index contributed by atoms with van der Waals surface area (Å²) in [6.07, 6.45) is 2.13. The number of carbonyl (C=O) groups excluding carboxylic acids is 1. The molecule has 2 N–H and O–H groups in total. The van der Waals surface area contributed by atoms with E-state index >= 15 is 0 Å². The highest BCUT2D eigenvalue weighted by Crippen LogP contribution is 2.18. The summed E-state index contributed by atoms with van der Waals surface area (Å²) in [5.41, 5.74) is 0. The SMILES string of the molecule is CN(CC(=O)NC1CC1)Cc1ccc(C(=O)O)o1. The van der Waals surface area contributed by atoms with Crippen molar-refractivity contribution in [2.45, 2.75) is 25.4 Å². The van der Waals surface area contributed by atoms with Crippen LogP contribution >= 0.6 is 0 Å². The van der Waals surface area contributed by atoms with Crippen molar-refractivity contribution in [3.05, 3.63) is 23.7 Å². The van der Waals surface area contributed by atoms with E-state index in [9.17, 15) is 9.59 Å². The van der Waals surface area contributed by atoms with Crippen LogP contribution in [-0.4, -0.2) is 41.5 Å². The van der Waals surface area contributed by atoms with Crippen LogP contribution in [0.15, 0.2) is 16.5 Å². The topological polar surface area (TPSA) is 82.8 Å². The Morgan fingerprint density at radius 3 is 2.78 bits per heavy atom. The molecule has 0 bridgehead atoms. The Balaban J connectivity index is 1.79. The van der Waals surface area contributed by atoms with Crippen molar-refractivity contribution in [2.75, 3.05) is 13.6 Å². The third-order valence-electron chi connectivity index (χ3n) is 2.65. The second kappa shape index (κ2) is 5.22. The third-order valence-corrected chi connectivity index (χ3v) is 2.65. The van der Waals surface area contributed by atoms with Gasteiger partial charge in [0.1, 0.15) is 5.76 Å². The molecule has 1 heterocycles. The lowest BCUT2D eigenvalue weighted by molar-refractivity contribution is -0.122. The Morgan fingerprint density at radius 1 is 1.50 bits per heavy atom. The van der Waals surface area contributed by atoms with E-state index in [1.54, 1.807) is 18.0 Å². The van der Waals surface area contributed by atoms with E-state index in [0.29, 0.717) is 18.3 Å². The first-order valence-corrected chi connectivity index (χ1v) is 5.84. The fourth-order valence-electron chi connectivity index (χ4n) is 1.65. The summed E-state index contributed by atoms with van der Waals surface area (Å²) >= 11 is 0. The molecule has 1 fully saturated rings. The van der Waals surface area contributed by atoms with E-state index in [2.05, 4.69) is 5.32 Å². The van der Waals surface area contributed by atoms with Gasteiger partial charge in [0, 0.05) is 6.04 Å². The predicted octanol–water partition coefficient (Wildman–Crippen LogP) is 0.688. The number of carboxylic acid groups (broad SMARTS) is 1. The maximum Gasteiger partial charge on any atom is 0.371 e. The lowest BCUT2D eigenvalue weighted by Gasteiger charge is -2.14. The molecule has 98 valence electrons. The summed E-state index contributed by atoms with van der Waals surface area (Å²) in [5.74, 6) is -0.643. The Labute approximate surface area is 105 Å². The quantitative estimate of drug-likeness (QED) is 0.778. The summed E-state index contributed by atoms with van der Waals surface area (Å²) in [6.45, 7) is 0.685. The van der Waals surface area contributed by atoms with Crippen molar-refractivity contribution in [3.63, 3.8) is 0 Å². The van der Waals surface area contributed by atoms with Crippen molar-refractivity contribution >= 4 is 11.9 Å². The van der Waals surface area contributed by atoms with E-state index < -0.39 is 5.97 Å². The molecule has 1 aliphatic carbocycles. The normalized spacial score (nSPS) is 14.8. The van der Waals surface area contributed by atoms with Crippen molar-refractivity contribution in [2.24, 2.45) is 0 Å². The van der Waals surface area contributed by atoms with E-state index in [1.807, 2.05) is 0 Å². The molecule has 1 aliphatic rings. The zero-order chi connectivity index (χ0) is 13.1. The van der Waals surface area contributed by atoms with Crippen molar-refractivity contribution < 1.29 is 19.1 Å². The number of hydrogen-bond acceptors (Lipinski definition) is 4. The molecule has 0 saturated heterocycles. The molecule has 1 aromatic rings. The van der Waals surface area contributed by atoms with Crippen LogP contribution in [-0.2, 0) is 11.3 Å². The van der Waals surface area contributed by atoms with Crippen molar-refractivity contribution in [1.29, 1.82) is 0 Å². The summed E-state index contributed by atoms with van der Waals surface area (Å²) in [4.78, 5) is 23.9. The molecule has 0 aliphatic heterocycles. The van der Waals surface area contributed by atoms with Gasteiger partial charge in [-0.1, -0.05) is 0 Å². The van der Waals surface area contributed by atoms with Gasteiger partial charge in [0.25, 0.3) is 0 Å². The predicted molar refractivity (Wildman–Crippen MR) is 63.2 cm³/mol. The summed E-state index contributed by atoms with van der Waals surface area (Å²) in [6, 6.07) is 3.38.